The molecule has 19 heavy (non-hydrogen) atoms. The predicted octanol–water partition coefficient (Wildman–Crippen LogP) is 3.14. The molecule has 1 N–H and O–H groups in total. The molecule has 0 aliphatic heterocycles. The molecule has 1 heterocycles. The fourth-order valence-corrected chi connectivity index (χ4v) is 1.56. The second-order valence-electron chi connectivity index (χ2n) is 3.77. The molecule has 0 amide bonds. The quantitative estimate of drug-likeness (QED) is 0.930. The van der Waals surface area contributed by atoms with Crippen LogP contribution in [0.2, 0.25) is 0 Å². The number of pyridine rings is 1. The van der Waals surface area contributed by atoms with Crippen LogP contribution in [0.4, 0.5) is 13.2 Å². The average Bonchev–Trinajstić information content (AvgIpc) is 2.37. The molecular weight excluding hydrogens is 259 g/mol. The van der Waals surface area contributed by atoms with Gasteiger partial charge >= 0.3 is 6.36 Å². The molecule has 0 aliphatic rings. The highest BCUT2D eigenvalue weighted by atomic mass is 19.4. The second-order valence-corrected chi connectivity index (χ2v) is 3.77. The first-order chi connectivity index (χ1) is 8.98. The summed E-state index contributed by atoms with van der Waals surface area (Å²) in [7, 11) is 0. The minimum atomic E-state index is -4.71. The number of aliphatic hydroxyl groups is 1. The van der Waals surface area contributed by atoms with Gasteiger partial charge in [0.05, 0.1) is 12.3 Å². The maximum atomic E-state index is 12.1. The summed E-state index contributed by atoms with van der Waals surface area (Å²) in [5.41, 5.74) is 1.69. The molecular formula is C13H10F3NO2. The Bertz CT molecular complexity index is 553. The van der Waals surface area contributed by atoms with Gasteiger partial charge in [-0.05, 0) is 23.8 Å². The van der Waals surface area contributed by atoms with E-state index in [1.54, 1.807) is 18.2 Å². The monoisotopic (exact) mass is 269 g/mol. The third-order valence-corrected chi connectivity index (χ3v) is 2.39. The lowest BCUT2D eigenvalue weighted by Gasteiger charge is -2.10. The van der Waals surface area contributed by atoms with Crippen LogP contribution in [0.5, 0.6) is 5.75 Å². The van der Waals surface area contributed by atoms with Crippen molar-refractivity contribution in [3.8, 4) is 16.9 Å². The average molecular weight is 269 g/mol. The van der Waals surface area contributed by atoms with Crippen molar-refractivity contribution in [3.05, 3.63) is 48.3 Å². The lowest BCUT2D eigenvalue weighted by atomic mass is 10.1. The number of hydrogen-bond acceptors (Lipinski definition) is 3. The van der Waals surface area contributed by atoms with E-state index in [0.29, 0.717) is 16.8 Å². The fraction of sp³-hybridized carbons (Fsp3) is 0.154. The van der Waals surface area contributed by atoms with Crippen LogP contribution in [0.1, 0.15) is 5.69 Å². The third-order valence-electron chi connectivity index (χ3n) is 2.39. The van der Waals surface area contributed by atoms with Crippen molar-refractivity contribution < 1.29 is 23.0 Å². The molecule has 2 rings (SSSR count). The normalized spacial score (nSPS) is 11.4. The zero-order valence-electron chi connectivity index (χ0n) is 9.69. The SMILES string of the molecule is OCc1ccc(-c2cccc(OC(F)(F)F)c2)cn1. The van der Waals surface area contributed by atoms with Crippen molar-refractivity contribution in [1.82, 2.24) is 4.98 Å². The van der Waals surface area contributed by atoms with E-state index in [9.17, 15) is 13.2 Å². The number of aliphatic hydroxyl groups excluding tert-OH is 1. The molecule has 2 aromatic rings. The molecule has 0 aliphatic carbocycles. The summed E-state index contributed by atoms with van der Waals surface area (Å²) in [4.78, 5) is 3.96. The van der Waals surface area contributed by atoms with Crippen LogP contribution in [0.3, 0.4) is 0 Å². The highest BCUT2D eigenvalue weighted by Crippen LogP contribution is 2.27. The molecule has 1 aromatic heterocycles. The largest absolute Gasteiger partial charge is 0.573 e. The van der Waals surface area contributed by atoms with E-state index in [2.05, 4.69) is 9.72 Å². The van der Waals surface area contributed by atoms with Crippen molar-refractivity contribution >= 4 is 0 Å². The Morgan fingerprint density at radius 3 is 2.47 bits per heavy atom. The standard InChI is InChI=1S/C13H10F3NO2/c14-13(15,16)19-12-3-1-2-9(6-12)10-4-5-11(8-18)17-7-10/h1-7,18H,8H2. The van der Waals surface area contributed by atoms with E-state index in [1.165, 1.54) is 24.4 Å². The number of aromatic nitrogens is 1. The summed E-state index contributed by atoms with van der Waals surface area (Å²) >= 11 is 0. The maximum Gasteiger partial charge on any atom is 0.573 e. The van der Waals surface area contributed by atoms with Crippen LogP contribution in [-0.4, -0.2) is 16.5 Å². The molecule has 0 bridgehead atoms. The molecule has 6 heteroatoms. The fourth-order valence-electron chi connectivity index (χ4n) is 1.56. The van der Waals surface area contributed by atoms with E-state index in [0.717, 1.165) is 0 Å². The van der Waals surface area contributed by atoms with Crippen molar-refractivity contribution in [2.75, 3.05) is 0 Å². The first-order valence-corrected chi connectivity index (χ1v) is 5.40. The van der Waals surface area contributed by atoms with Crippen molar-refractivity contribution in [3.63, 3.8) is 0 Å². The van der Waals surface area contributed by atoms with Crippen molar-refractivity contribution in [2.24, 2.45) is 0 Å². The van der Waals surface area contributed by atoms with Gasteiger partial charge in [0.1, 0.15) is 5.75 Å². The Morgan fingerprint density at radius 1 is 1.11 bits per heavy atom. The summed E-state index contributed by atoms with van der Waals surface area (Å²) < 4.78 is 40.2. The third kappa shape index (κ3) is 3.69. The van der Waals surface area contributed by atoms with E-state index in [4.69, 9.17) is 5.11 Å². The van der Waals surface area contributed by atoms with Crippen molar-refractivity contribution in [2.45, 2.75) is 13.0 Å². The van der Waals surface area contributed by atoms with Crippen LogP contribution in [0, 0.1) is 0 Å². The first-order valence-electron chi connectivity index (χ1n) is 5.40. The Balaban J connectivity index is 2.27. The topological polar surface area (TPSA) is 42.4 Å². The zero-order valence-corrected chi connectivity index (χ0v) is 9.69. The number of benzene rings is 1. The summed E-state index contributed by atoms with van der Waals surface area (Å²) in [6.45, 7) is -0.183. The number of ether oxygens (including phenoxy) is 1. The molecule has 1 aromatic carbocycles. The molecule has 0 unspecified atom stereocenters. The van der Waals surface area contributed by atoms with Gasteiger partial charge in [0.15, 0.2) is 0 Å². The van der Waals surface area contributed by atoms with Gasteiger partial charge in [0.25, 0.3) is 0 Å². The highest BCUT2D eigenvalue weighted by molar-refractivity contribution is 5.64. The molecule has 3 nitrogen and oxygen atoms in total. The predicted molar refractivity (Wildman–Crippen MR) is 62.3 cm³/mol. The highest BCUT2D eigenvalue weighted by Gasteiger charge is 2.31. The van der Waals surface area contributed by atoms with Crippen LogP contribution < -0.4 is 4.74 Å². The first kappa shape index (κ1) is 13.4. The maximum absolute atomic E-state index is 12.1. The van der Waals surface area contributed by atoms with Gasteiger partial charge in [0, 0.05) is 11.8 Å². The summed E-state index contributed by atoms with van der Waals surface area (Å²) in [5.74, 6) is -0.281. The zero-order chi connectivity index (χ0) is 13.9. The molecule has 0 saturated carbocycles. The van der Waals surface area contributed by atoms with Crippen LogP contribution in [-0.2, 0) is 6.61 Å². The summed E-state index contributed by atoms with van der Waals surface area (Å²) in [5, 5.41) is 8.86. The number of rotatable bonds is 3. The molecule has 0 fully saturated rings. The minimum Gasteiger partial charge on any atom is -0.406 e. The Morgan fingerprint density at radius 2 is 1.89 bits per heavy atom. The van der Waals surface area contributed by atoms with E-state index < -0.39 is 6.36 Å². The number of hydrogen-bond donors (Lipinski definition) is 1. The van der Waals surface area contributed by atoms with E-state index >= 15 is 0 Å². The van der Waals surface area contributed by atoms with Crippen LogP contribution >= 0.6 is 0 Å². The molecule has 0 saturated heterocycles. The van der Waals surface area contributed by atoms with E-state index in [1.807, 2.05) is 0 Å². The minimum absolute atomic E-state index is 0.183. The Kier molecular flexibility index (Phi) is 3.71. The van der Waals surface area contributed by atoms with Crippen LogP contribution in [0.25, 0.3) is 11.1 Å². The second kappa shape index (κ2) is 5.27. The Hall–Kier alpha value is -2.08. The lowest BCUT2D eigenvalue weighted by Crippen LogP contribution is -2.17. The van der Waals surface area contributed by atoms with E-state index in [-0.39, 0.29) is 12.4 Å². The van der Waals surface area contributed by atoms with Gasteiger partial charge in [-0.2, -0.15) is 0 Å². The van der Waals surface area contributed by atoms with Gasteiger partial charge in [0.2, 0.25) is 0 Å². The summed E-state index contributed by atoms with van der Waals surface area (Å²) in [6, 6.07) is 8.91. The Labute approximate surface area is 107 Å². The van der Waals surface area contributed by atoms with Gasteiger partial charge in [-0.15, -0.1) is 13.2 Å². The lowest BCUT2D eigenvalue weighted by molar-refractivity contribution is -0.274. The molecule has 0 atom stereocenters. The molecule has 0 spiro atoms. The number of nitrogens with zero attached hydrogens (tertiary/aromatic N) is 1. The summed E-state index contributed by atoms with van der Waals surface area (Å²) in [6.07, 6.45) is -3.23. The van der Waals surface area contributed by atoms with Gasteiger partial charge in [-0.3, -0.25) is 4.98 Å². The smallest absolute Gasteiger partial charge is 0.406 e. The van der Waals surface area contributed by atoms with Gasteiger partial charge < -0.3 is 9.84 Å². The number of halogens is 3. The van der Waals surface area contributed by atoms with Crippen LogP contribution in [0.15, 0.2) is 42.6 Å². The van der Waals surface area contributed by atoms with Gasteiger partial charge in [-0.1, -0.05) is 18.2 Å². The molecule has 100 valence electrons. The molecule has 0 radical (unpaired) electrons. The van der Waals surface area contributed by atoms with Crippen molar-refractivity contribution in [1.29, 1.82) is 0 Å². The van der Waals surface area contributed by atoms with Gasteiger partial charge in [-0.25, -0.2) is 0 Å². The number of alkyl halides is 3.